The molecule has 1 atom stereocenters. The Bertz CT molecular complexity index is 815. The molecule has 0 spiro atoms. The number of anilines is 2. The summed E-state index contributed by atoms with van der Waals surface area (Å²) in [5, 5.41) is 4.13. The molecule has 2 heterocycles. The Hall–Kier alpha value is -2.84. The quantitative estimate of drug-likeness (QED) is 0.724. The van der Waals surface area contributed by atoms with Crippen LogP contribution in [0.15, 0.2) is 30.6 Å². The molecule has 114 valence electrons. The second-order valence-corrected chi connectivity index (χ2v) is 4.58. The van der Waals surface area contributed by atoms with Gasteiger partial charge >= 0.3 is 0 Å². The second kappa shape index (κ2) is 5.17. The van der Waals surface area contributed by atoms with E-state index in [1.165, 1.54) is 0 Å². The SMILES string of the molecule is Nc1ccc(-c2nn(C(F)C(F)F)c3ncnc(N)c23)cc1. The van der Waals surface area contributed by atoms with Crippen molar-refractivity contribution >= 4 is 22.5 Å². The molecule has 0 fully saturated rings. The first-order valence-electron chi connectivity index (χ1n) is 6.26. The number of halogens is 3. The highest BCUT2D eigenvalue weighted by Crippen LogP contribution is 2.33. The summed E-state index contributed by atoms with van der Waals surface area (Å²) in [7, 11) is 0. The van der Waals surface area contributed by atoms with E-state index in [0.29, 0.717) is 15.9 Å². The van der Waals surface area contributed by atoms with Crippen LogP contribution in [0.2, 0.25) is 0 Å². The van der Waals surface area contributed by atoms with Gasteiger partial charge in [0.25, 0.3) is 12.7 Å². The largest absolute Gasteiger partial charge is 0.399 e. The van der Waals surface area contributed by atoms with Crippen molar-refractivity contribution in [2.24, 2.45) is 0 Å². The molecule has 3 aromatic rings. The Morgan fingerprint density at radius 2 is 1.68 bits per heavy atom. The minimum atomic E-state index is -3.24. The van der Waals surface area contributed by atoms with E-state index in [1.807, 2.05) is 0 Å². The minimum Gasteiger partial charge on any atom is -0.399 e. The van der Waals surface area contributed by atoms with Crippen LogP contribution in [0.25, 0.3) is 22.3 Å². The summed E-state index contributed by atoms with van der Waals surface area (Å²) in [6.07, 6.45) is -4.79. The number of nitrogens with two attached hydrogens (primary N) is 2. The number of nitrogen functional groups attached to an aromatic ring is 2. The molecule has 3 rings (SSSR count). The molecule has 2 aromatic heterocycles. The van der Waals surface area contributed by atoms with E-state index in [-0.39, 0.29) is 22.5 Å². The average Bonchev–Trinajstić information content (AvgIpc) is 2.88. The summed E-state index contributed by atoms with van der Waals surface area (Å²) < 4.78 is 39.6. The molecular weight excluding hydrogens is 297 g/mol. The third-order valence-electron chi connectivity index (χ3n) is 3.14. The van der Waals surface area contributed by atoms with Crippen LogP contribution in [0.4, 0.5) is 24.7 Å². The molecule has 0 aliphatic heterocycles. The first-order valence-corrected chi connectivity index (χ1v) is 6.26. The lowest BCUT2D eigenvalue weighted by Crippen LogP contribution is -2.14. The lowest BCUT2D eigenvalue weighted by molar-refractivity contribution is 0.00323. The Morgan fingerprint density at radius 3 is 2.32 bits per heavy atom. The summed E-state index contributed by atoms with van der Waals surface area (Å²) in [6.45, 7) is 0. The van der Waals surface area contributed by atoms with Crippen LogP contribution < -0.4 is 11.5 Å². The van der Waals surface area contributed by atoms with E-state index in [1.54, 1.807) is 24.3 Å². The van der Waals surface area contributed by atoms with Gasteiger partial charge in [0.2, 0.25) is 0 Å². The van der Waals surface area contributed by atoms with Gasteiger partial charge in [0.15, 0.2) is 5.65 Å². The van der Waals surface area contributed by atoms with E-state index < -0.39 is 12.7 Å². The molecule has 22 heavy (non-hydrogen) atoms. The van der Waals surface area contributed by atoms with Gasteiger partial charge in [0, 0.05) is 11.3 Å². The first kappa shape index (κ1) is 14.1. The molecule has 9 heteroatoms. The number of benzene rings is 1. The van der Waals surface area contributed by atoms with Gasteiger partial charge in [-0.15, -0.1) is 0 Å². The van der Waals surface area contributed by atoms with Crippen LogP contribution in [-0.2, 0) is 0 Å². The molecule has 4 N–H and O–H groups in total. The van der Waals surface area contributed by atoms with Gasteiger partial charge in [-0.3, -0.25) is 0 Å². The van der Waals surface area contributed by atoms with Gasteiger partial charge in [-0.05, 0) is 12.1 Å². The Morgan fingerprint density at radius 1 is 1.00 bits per heavy atom. The molecule has 0 bridgehead atoms. The van der Waals surface area contributed by atoms with Crippen LogP contribution in [-0.4, -0.2) is 26.2 Å². The molecule has 0 saturated heterocycles. The van der Waals surface area contributed by atoms with Crippen LogP contribution in [0, 0.1) is 0 Å². The first-order chi connectivity index (χ1) is 10.5. The highest BCUT2D eigenvalue weighted by atomic mass is 19.3. The van der Waals surface area contributed by atoms with Crippen molar-refractivity contribution in [1.29, 1.82) is 0 Å². The molecule has 1 unspecified atom stereocenters. The zero-order valence-corrected chi connectivity index (χ0v) is 11.1. The van der Waals surface area contributed by atoms with Gasteiger partial charge in [0.05, 0.1) is 5.39 Å². The number of alkyl halides is 3. The molecule has 1 aromatic carbocycles. The van der Waals surface area contributed by atoms with Gasteiger partial charge in [-0.2, -0.15) is 5.10 Å². The maximum absolute atomic E-state index is 13.7. The zero-order valence-electron chi connectivity index (χ0n) is 11.1. The predicted molar refractivity (Wildman–Crippen MR) is 75.7 cm³/mol. The lowest BCUT2D eigenvalue weighted by Gasteiger charge is -2.07. The number of fused-ring (bicyclic) bond motifs is 1. The van der Waals surface area contributed by atoms with Crippen LogP contribution in [0.5, 0.6) is 0 Å². The fraction of sp³-hybridized carbons (Fsp3) is 0.154. The van der Waals surface area contributed by atoms with Gasteiger partial charge in [-0.1, -0.05) is 12.1 Å². The topological polar surface area (TPSA) is 95.6 Å². The fourth-order valence-electron chi connectivity index (χ4n) is 2.12. The Labute approximate surface area is 122 Å². The average molecular weight is 308 g/mol. The van der Waals surface area contributed by atoms with E-state index >= 15 is 0 Å². The third kappa shape index (κ3) is 2.20. The summed E-state index contributed by atoms with van der Waals surface area (Å²) >= 11 is 0. The van der Waals surface area contributed by atoms with Crippen molar-refractivity contribution in [1.82, 2.24) is 19.7 Å². The Balaban J connectivity index is 2.28. The lowest BCUT2D eigenvalue weighted by atomic mass is 10.1. The normalized spacial score (nSPS) is 12.9. The van der Waals surface area contributed by atoms with Crippen molar-refractivity contribution in [3.63, 3.8) is 0 Å². The number of hydrogen-bond acceptors (Lipinski definition) is 5. The minimum absolute atomic E-state index is 0.0320. The highest BCUT2D eigenvalue weighted by molar-refractivity contribution is 5.98. The van der Waals surface area contributed by atoms with Crippen LogP contribution in [0.3, 0.4) is 0 Å². The molecule has 0 aliphatic rings. The summed E-state index contributed by atoms with van der Waals surface area (Å²) in [5.41, 5.74) is 12.6. The van der Waals surface area contributed by atoms with Crippen molar-refractivity contribution in [2.45, 2.75) is 12.7 Å². The number of hydrogen-bond donors (Lipinski definition) is 2. The molecular formula is C13H11F3N6. The number of rotatable bonds is 3. The van der Waals surface area contributed by atoms with E-state index in [0.717, 1.165) is 6.33 Å². The molecule has 0 saturated carbocycles. The maximum atomic E-state index is 13.7. The van der Waals surface area contributed by atoms with Gasteiger partial charge in [-0.25, -0.2) is 27.8 Å². The van der Waals surface area contributed by atoms with Gasteiger partial charge in [0.1, 0.15) is 17.8 Å². The van der Waals surface area contributed by atoms with E-state index in [9.17, 15) is 13.2 Å². The number of aromatic nitrogens is 4. The fourth-order valence-corrected chi connectivity index (χ4v) is 2.12. The van der Waals surface area contributed by atoms with E-state index in [4.69, 9.17) is 11.5 Å². The third-order valence-corrected chi connectivity index (χ3v) is 3.14. The van der Waals surface area contributed by atoms with E-state index in [2.05, 4.69) is 15.1 Å². The number of nitrogens with zero attached hydrogens (tertiary/aromatic N) is 4. The second-order valence-electron chi connectivity index (χ2n) is 4.58. The van der Waals surface area contributed by atoms with Crippen LogP contribution >= 0.6 is 0 Å². The zero-order chi connectivity index (χ0) is 15.9. The highest BCUT2D eigenvalue weighted by Gasteiger charge is 2.27. The van der Waals surface area contributed by atoms with Crippen molar-refractivity contribution in [3.05, 3.63) is 30.6 Å². The summed E-state index contributed by atoms with van der Waals surface area (Å²) in [4.78, 5) is 7.63. The van der Waals surface area contributed by atoms with Crippen molar-refractivity contribution < 1.29 is 13.2 Å². The molecule has 0 aliphatic carbocycles. The molecule has 6 nitrogen and oxygen atoms in total. The summed E-state index contributed by atoms with van der Waals surface area (Å²) in [5.74, 6) is 0.0320. The summed E-state index contributed by atoms with van der Waals surface area (Å²) in [6, 6.07) is 6.48. The maximum Gasteiger partial charge on any atom is 0.289 e. The van der Waals surface area contributed by atoms with Crippen molar-refractivity contribution in [3.8, 4) is 11.3 Å². The van der Waals surface area contributed by atoms with Crippen LogP contribution in [0.1, 0.15) is 6.30 Å². The molecule has 0 amide bonds. The monoisotopic (exact) mass is 308 g/mol. The standard InChI is InChI=1S/C13H11F3N6/c14-10(15)11(16)22-13-8(12(18)19-5-20-13)9(21-22)6-1-3-7(17)4-2-6/h1-5,10-11H,17H2,(H2,18,19,20). The predicted octanol–water partition coefficient (Wildman–Crippen LogP) is 2.39. The van der Waals surface area contributed by atoms with Gasteiger partial charge < -0.3 is 11.5 Å². The smallest absolute Gasteiger partial charge is 0.289 e. The molecule has 0 radical (unpaired) electrons. The van der Waals surface area contributed by atoms with Crippen molar-refractivity contribution in [2.75, 3.05) is 11.5 Å². The Kier molecular flexibility index (Phi) is 3.32.